The molecule has 0 aliphatic heterocycles. The Balaban J connectivity index is 2.80. The van der Waals surface area contributed by atoms with E-state index < -0.39 is 24.1 Å². The summed E-state index contributed by atoms with van der Waals surface area (Å²) in [5, 5.41) is 11.7. The van der Waals surface area contributed by atoms with Crippen molar-refractivity contribution >= 4 is 40.9 Å². The van der Waals surface area contributed by atoms with E-state index in [1.807, 2.05) is 0 Å². The van der Waals surface area contributed by atoms with Crippen LogP contribution in [0, 0.1) is 0 Å². The van der Waals surface area contributed by atoms with Crippen LogP contribution in [0.1, 0.15) is 27.7 Å². The summed E-state index contributed by atoms with van der Waals surface area (Å²) in [5.41, 5.74) is -1.49. The zero-order chi connectivity index (χ0) is 17.8. The van der Waals surface area contributed by atoms with Crippen molar-refractivity contribution in [3.05, 3.63) is 16.1 Å². The third kappa shape index (κ3) is 5.85. The third-order valence-electron chi connectivity index (χ3n) is 2.58. The number of anilines is 1. The molecule has 1 aromatic heterocycles. The summed E-state index contributed by atoms with van der Waals surface area (Å²) >= 11 is 11.9. The predicted molar refractivity (Wildman–Crippen MR) is 86.3 cm³/mol. The number of carboxylic acids is 1. The lowest BCUT2D eigenvalue weighted by atomic mass is 10.1. The number of aromatic nitrogens is 1. The summed E-state index contributed by atoms with van der Waals surface area (Å²) in [6.45, 7) is 5.80. The highest BCUT2D eigenvalue weighted by Gasteiger charge is 2.29. The first-order valence-electron chi connectivity index (χ1n) is 6.73. The van der Waals surface area contributed by atoms with E-state index >= 15 is 0 Å². The minimum Gasteiger partial charge on any atom is -0.479 e. The first-order chi connectivity index (χ1) is 10.5. The maximum absolute atomic E-state index is 11.9. The molecule has 0 saturated carbocycles. The van der Waals surface area contributed by atoms with Gasteiger partial charge in [-0.2, -0.15) is 4.98 Å². The second kappa shape index (κ2) is 7.81. The van der Waals surface area contributed by atoms with Gasteiger partial charge in [-0.15, -0.1) is 0 Å². The number of halogens is 2. The molecule has 0 saturated heterocycles. The van der Waals surface area contributed by atoms with E-state index in [9.17, 15) is 9.59 Å². The Morgan fingerprint density at radius 2 is 1.96 bits per heavy atom. The molecule has 2 N–H and O–H groups in total. The normalized spacial score (nSPS) is 11.4. The van der Waals surface area contributed by atoms with Crippen LogP contribution in [0.5, 0.6) is 5.88 Å². The van der Waals surface area contributed by atoms with Crippen molar-refractivity contribution in [1.29, 1.82) is 0 Å². The molecule has 0 spiro atoms. The Morgan fingerprint density at radius 1 is 1.35 bits per heavy atom. The van der Waals surface area contributed by atoms with Crippen LogP contribution in [0.25, 0.3) is 0 Å². The molecule has 0 unspecified atom stereocenters. The number of hydrogen-bond acceptors (Lipinski definition) is 5. The fraction of sp³-hybridized carbons (Fsp3) is 0.500. The summed E-state index contributed by atoms with van der Waals surface area (Å²) in [5.74, 6) is -1.60. The minimum absolute atomic E-state index is 0.0495. The highest BCUT2D eigenvalue weighted by Crippen LogP contribution is 2.31. The van der Waals surface area contributed by atoms with Crippen LogP contribution >= 0.6 is 23.2 Å². The van der Waals surface area contributed by atoms with Gasteiger partial charge in [0.25, 0.3) is 5.91 Å². The summed E-state index contributed by atoms with van der Waals surface area (Å²) < 4.78 is 10.4. The molecule has 7 nitrogen and oxygen atoms in total. The first kappa shape index (κ1) is 19.5. The van der Waals surface area contributed by atoms with Crippen LogP contribution in [0.2, 0.25) is 10.0 Å². The van der Waals surface area contributed by atoms with Crippen LogP contribution in [0.3, 0.4) is 0 Å². The predicted octanol–water partition coefficient (Wildman–Crippen LogP) is 2.99. The second-order valence-electron chi connectivity index (χ2n) is 5.42. The van der Waals surface area contributed by atoms with Crippen molar-refractivity contribution in [2.45, 2.75) is 39.4 Å². The van der Waals surface area contributed by atoms with Gasteiger partial charge in [0.2, 0.25) is 5.88 Å². The standard InChI is InChI=1S/C14H18Cl2N2O5/c1-7(2)23-12-9(16)5-8(15)11(18-12)17-10(19)6-22-14(3,4)13(20)21/h5,7H,6H2,1-4H3,(H,20,21)(H,17,18,19). The minimum atomic E-state index is -1.49. The highest BCUT2D eigenvalue weighted by molar-refractivity contribution is 6.37. The number of pyridine rings is 1. The Labute approximate surface area is 143 Å². The van der Waals surface area contributed by atoms with Crippen molar-refractivity contribution in [3.8, 4) is 5.88 Å². The molecule has 1 amide bonds. The Hall–Kier alpha value is -1.57. The molecule has 9 heteroatoms. The molecule has 0 aliphatic carbocycles. The molecule has 1 rings (SSSR count). The van der Waals surface area contributed by atoms with E-state index in [4.69, 9.17) is 37.8 Å². The van der Waals surface area contributed by atoms with Gasteiger partial charge in [-0.1, -0.05) is 23.2 Å². The maximum atomic E-state index is 11.9. The summed E-state index contributed by atoms with van der Waals surface area (Å²) in [6.07, 6.45) is -0.163. The number of ether oxygens (including phenoxy) is 2. The van der Waals surface area contributed by atoms with Crippen LogP contribution < -0.4 is 10.1 Å². The lowest BCUT2D eigenvalue weighted by Crippen LogP contribution is -2.37. The topological polar surface area (TPSA) is 97.8 Å². The fourth-order valence-electron chi connectivity index (χ4n) is 1.32. The highest BCUT2D eigenvalue weighted by atomic mass is 35.5. The number of carbonyl (C=O) groups excluding carboxylic acids is 1. The molecule has 0 bridgehead atoms. The summed E-state index contributed by atoms with van der Waals surface area (Å²) in [7, 11) is 0. The summed E-state index contributed by atoms with van der Waals surface area (Å²) in [4.78, 5) is 26.8. The lowest BCUT2D eigenvalue weighted by Gasteiger charge is -2.19. The van der Waals surface area contributed by atoms with Gasteiger partial charge in [0, 0.05) is 0 Å². The third-order valence-corrected chi connectivity index (χ3v) is 3.14. The number of rotatable bonds is 7. The number of hydrogen-bond donors (Lipinski definition) is 2. The van der Waals surface area contributed by atoms with Crippen LogP contribution in [0.15, 0.2) is 6.07 Å². The molecule has 0 aliphatic rings. The fourth-order valence-corrected chi connectivity index (χ4v) is 1.77. The number of aliphatic carboxylic acids is 1. The number of carboxylic acid groups (broad SMARTS) is 1. The van der Waals surface area contributed by atoms with E-state index in [1.165, 1.54) is 19.9 Å². The molecule has 128 valence electrons. The number of nitrogens with one attached hydrogen (secondary N) is 1. The van der Waals surface area contributed by atoms with Crippen molar-refractivity contribution in [2.24, 2.45) is 0 Å². The molecule has 0 aromatic carbocycles. The van der Waals surface area contributed by atoms with Gasteiger partial charge >= 0.3 is 5.97 Å². The second-order valence-corrected chi connectivity index (χ2v) is 6.24. The molecule has 0 radical (unpaired) electrons. The van der Waals surface area contributed by atoms with Crippen LogP contribution in [-0.2, 0) is 14.3 Å². The molecule has 0 atom stereocenters. The molecule has 1 aromatic rings. The van der Waals surface area contributed by atoms with Crippen molar-refractivity contribution < 1.29 is 24.2 Å². The Kier molecular flexibility index (Phi) is 6.61. The largest absolute Gasteiger partial charge is 0.479 e. The quantitative estimate of drug-likeness (QED) is 0.771. The van der Waals surface area contributed by atoms with Crippen molar-refractivity contribution in [1.82, 2.24) is 4.98 Å². The first-order valence-corrected chi connectivity index (χ1v) is 7.48. The molecule has 0 fully saturated rings. The van der Waals surface area contributed by atoms with Gasteiger partial charge in [-0.3, -0.25) is 4.79 Å². The lowest BCUT2D eigenvalue weighted by molar-refractivity contribution is -0.162. The molecular weight excluding hydrogens is 347 g/mol. The van der Waals surface area contributed by atoms with Crippen LogP contribution in [0.4, 0.5) is 5.82 Å². The number of carbonyl (C=O) groups is 2. The zero-order valence-corrected chi connectivity index (χ0v) is 14.7. The summed E-state index contributed by atoms with van der Waals surface area (Å²) in [6, 6.07) is 1.39. The Morgan fingerprint density at radius 3 is 2.48 bits per heavy atom. The van der Waals surface area contributed by atoms with Gasteiger partial charge in [0.05, 0.1) is 11.1 Å². The molecule has 23 heavy (non-hydrogen) atoms. The van der Waals surface area contributed by atoms with E-state index in [1.54, 1.807) is 13.8 Å². The van der Waals surface area contributed by atoms with E-state index in [-0.39, 0.29) is 27.8 Å². The Bertz CT molecular complexity index is 605. The molecular formula is C14H18Cl2N2O5. The zero-order valence-electron chi connectivity index (χ0n) is 13.1. The maximum Gasteiger partial charge on any atom is 0.335 e. The monoisotopic (exact) mass is 364 g/mol. The van der Waals surface area contributed by atoms with E-state index in [0.717, 1.165) is 0 Å². The van der Waals surface area contributed by atoms with Crippen molar-refractivity contribution in [3.63, 3.8) is 0 Å². The number of nitrogens with zero attached hydrogens (tertiary/aromatic N) is 1. The van der Waals surface area contributed by atoms with Gasteiger partial charge in [0.1, 0.15) is 11.6 Å². The van der Waals surface area contributed by atoms with Gasteiger partial charge < -0.3 is 19.9 Å². The van der Waals surface area contributed by atoms with E-state index in [2.05, 4.69) is 10.3 Å². The van der Waals surface area contributed by atoms with Gasteiger partial charge in [-0.05, 0) is 33.8 Å². The number of amides is 1. The SMILES string of the molecule is CC(C)Oc1nc(NC(=O)COC(C)(C)C(=O)O)c(Cl)cc1Cl. The van der Waals surface area contributed by atoms with E-state index in [0.29, 0.717) is 0 Å². The van der Waals surface area contributed by atoms with Crippen LogP contribution in [-0.4, -0.2) is 40.3 Å². The smallest absolute Gasteiger partial charge is 0.335 e. The van der Waals surface area contributed by atoms with Crippen molar-refractivity contribution in [2.75, 3.05) is 11.9 Å². The molecule has 1 heterocycles. The average Bonchev–Trinajstić information content (AvgIpc) is 2.41. The average molecular weight is 365 g/mol. The van der Waals surface area contributed by atoms with Gasteiger partial charge in [-0.25, -0.2) is 4.79 Å². The van der Waals surface area contributed by atoms with Gasteiger partial charge in [0.15, 0.2) is 11.4 Å².